The Morgan fingerprint density at radius 1 is 1.47 bits per heavy atom. The molecule has 2 aromatic rings. The molecule has 0 saturated heterocycles. The first-order valence-electron chi connectivity index (χ1n) is 4.66. The third-order valence-corrected chi connectivity index (χ3v) is 2.37. The lowest BCUT2D eigenvalue weighted by Crippen LogP contribution is -2.13. The van der Waals surface area contributed by atoms with Gasteiger partial charge in [-0.2, -0.15) is 4.80 Å². The van der Waals surface area contributed by atoms with Gasteiger partial charge in [0.15, 0.2) is 0 Å². The second-order valence-corrected chi connectivity index (χ2v) is 4.25. The molecule has 1 aromatic carbocycles. The van der Waals surface area contributed by atoms with Gasteiger partial charge in [0.05, 0.1) is 7.05 Å². The Labute approximate surface area is 105 Å². The highest BCUT2D eigenvalue weighted by Crippen LogP contribution is 2.17. The van der Waals surface area contributed by atoms with Crippen LogP contribution in [-0.4, -0.2) is 26.1 Å². The number of rotatable bonds is 2. The number of nitrogens with zero attached hydrogens (tertiary/aromatic N) is 4. The lowest BCUT2D eigenvalue weighted by molar-refractivity contribution is 0.102. The molecule has 1 aromatic heterocycles. The van der Waals surface area contributed by atoms with Gasteiger partial charge in [0.1, 0.15) is 0 Å². The molecule has 0 aliphatic carbocycles. The van der Waals surface area contributed by atoms with Crippen LogP contribution in [0.4, 0.5) is 11.6 Å². The van der Waals surface area contributed by atoms with E-state index >= 15 is 0 Å². The zero-order chi connectivity index (χ0) is 12.4. The van der Waals surface area contributed by atoms with Crippen LogP contribution < -0.4 is 11.1 Å². The van der Waals surface area contributed by atoms with Crippen molar-refractivity contribution in [3.63, 3.8) is 0 Å². The highest BCUT2D eigenvalue weighted by atomic mass is 79.9. The van der Waals surface area contributed by atoms with Gasteiger partial charge in [-0.25, -0.2) is 0 Å². The van der Waals surface area contributed by atoms with Crippen LogP contribution in [-0.2, 0) is 7.05 Å². The molecule has 0 unspecified atom stereocenters. The summed E-state index contributed by atoms with van der Waals surface area (Å²) in [4.78, 5) is 13.1. The number of hydrogen-bond donors (Lipinski definition) is 2. The van der Waals surface area contributed by atoms with Crippen molar-refractivity contribution < 1.29 is 4.79 Å². The molecular weight excluding hydrogens is 288 g/mol. The van der Waals surface area contributed by atoms with Crippen molar-refractivity contribution in [2.45, 2.75) is 0 Å². The van der Waals surface area contributed by atoms with E-state index < -0.39 is 0 Å². The molecule has 0 fully saturated rings. The monoisotopic (exact) mass is 296 g/mol. The minimum Gasteiger partial charge on any atom is -0.399 e. The number of amides is 1. The maximum Gasteiger partial charge on any atom is 0.270 e. The molecule has 0 bridgehead atoms. The van der Waals surface area contributed by atoms with E-state index in [-0.39, 0.29) is 11.9 Å². The van der Waals surface area contributed by atoms with E-state index in [0.29, 0.717) is 11.3 Å². The van der Waals surface area contributed by atoms with Crippen LogP contribution in [0.3, 0.4) is 0 Å². The van der Waals surface area contributed by atoms with E-state index in [1.54, 1.807) is 25.2 Å². The van der Waals surface area contributed by atoms with Crippen LogP contribution in [0, 0.1) is 0 Å². The quantitative estimate of drug-likeness (QED) is 0.799. The van der Waals surface area contributed by atoms with Gasteiger partial charge in [0.25, 0.3) is 11.9 Å². The van der Waals surface area contributed by atoms with Gasteiger partial charge in [0.2, 0.25) is 0 Å². The number of hydrogen-bond acceptors (Lipinski definition) is 5. The van der Waals surface area contributed by atoms with Gasteiger partial charge in [-0.3, -0.25) is 10.1 Å². The highest BCUT2D eigenvalue weighted by Gasteiger charge is 2.10. The Bertz CT molecular complexity index is 546. The van der Waals surface area contributed by atoms with Crippen molar-refractivity contribution in [3.8, 4) is 0 Å². The Hall–Kier alpha value is -1.96. The molecule has 0 aliphatic heterocycles. The molecule has 17 heavy (non-hydrogen) atoms. The zero-order valence-electron chi connectivity index (χ0n) is 8.88. The van der Waals surface area contributed by atoms with Crippen molar-refractivity contribution in [1.82, 2.24) is 20.2 Å². The number of tetrazole rings is 1. The molecule has 0 aliphatic rings. The summed E-state index contributed by atoms with van der Waals surface area (Å²) in [6.45, 7) is 0. The molecular formula is C9H9BrN6O. The number of anilines is 2. The van der Waals surface area contributed by atoms with Gasteiger partial charge in [-0.15, -0.1) is 5.10 Å². The fourth-order valence-electron chi connectivity index (χ4n) is 1.25. The van der Waals surface area contributed by atoms with Crippen molar-refractivity contribution in [2.75, 3.05) is 11.1 Å². The minimum atomic E-state index is -0.342. The number of benzene rings is 1. The number of carbonyl (C=O) groups is 1. The van der Waals surface area contributed by atoms with Crippen LogP contribution in [0.1, 0.15) is 10.4 Å². The lowest BCUT2D eigenvalue weighted by Gasteiger charge is -2.02. The van der Waals surface area contributed by atoms with E-state index in [2.05, 4.69) is 36.7 Å². The third-order valence-electron chi connectivity index (χ3n) is 1.92. The highest BCUT2D eigenvalue weighted by molar-refractivity contribution is 9.10. The van der Waals surface area contributed by atoms with E-state index in [1.165, 1.54) is 4.80 Å². The average molecular weight is 297 g/mol. The molecule has 0 radical (unpaired) electrons. The maximum atomic E-state index is 11.8. The van der Waals surface area contributed by atoms with Crippen LogP contribution in [0.5, 0.6) is 0 Å². The molecule has 7 nitrogen and oxygen atoms in total. The summed E-state index contributed by atoms with van der Waals surface area (Å²) < 4.78 is 0.731. The van der Waals surface area contributed by atoms with Gasteiger partial charge in [-0.1, -0.05) is 21.0 Å². The molecule has 0 atom stereocenters. The number of aryl methyl sites for hydroxylation is 1. The van der Waals surface area contributed by atoms with Gasteiger partial charge < -0.3 is 5.73 Å². The Balaban J connectivity index is 2.19. The average Bonchev–Trinajstić information content (AvgIpc) is 2.62. The summed E-state index contributed by atoms with van der Waals surface area (Å²) in [5, 5.41) is 13.6. The number of nitrogens with one attached hydrogen (secondary N) is 1. The van der Waals surface area contributed by atoms with Crippen LogP contribution in [0.2, 0.25) is 0 Å². The van der Waals surface area contributed by atoms with Crippen molar-refractivity contribution in [2.24, 2.45) is 7.05 Å². The molecule has 2 rings (SSSR count). The zero-order valence-corrected chi connectivity index (χ0v) is 10.5. The maximum absolute atomic E-state index is 11.8. The summed E-state index contributed by atoms with van der Waals surface area (Å²) in [6, 6.07) is 4.93. The van der Waals surface area contributed by atoms with E-state index in [9.17, 15) is 4.79 Å². The van der Waals surface area contributed by atoms with Gasteiger partial charge in [-0.05, 0) is 23.4 Å². The van der Waals surface area contributed by atoms with E-state index in [1.807, 2.05) is 0 Å². The topological polar surface area (TPSA) is 98.7 Å². The van der Waals surface area contributed by atoms with E-state index in [0.717, 1.165) is 4.47 Å². The van der Waals surface area contributed by atoms with Gasteiger partial charge >= 0.3 is 0 Å². The second-order valence-electron chi connectivity index (χ2n) is 3.33. The minimum absolute atomic E-state index is 0.149. The summed E-state index contributed by atoms with van der Waals surface area (Å²) in [5.41, 5.74) is 6.55. The SMILES string of the molecule is Cn1nnc(NC(=O)c2cc(N)cc(Br)c2)n1. The van der Waals surface area contributed by atoms with Crippen molar-refractivity contribution >= 4 is 33.5 Å². The first-order valence-corrected chi connectivity index (χ1v) is 5.45. The molecule has 1 amide bonds. The predicted molar refractivity (Wildman–Crippen MR) is 65.3 cm³/mol. The lowest BCUT2D eigenvalue weighted by atomic mass is 10.2. The van der Waals surface area contributed by atoms with Crippen LogP contribution >= 0.6 is 15.9 Å². The van der Waals surface area contributed by atoms with Crippen molar-refractivity contribution in [1.29, 1.82) is 0 Å². The molecule has 8 heteroatoms. The number of halogens is 1. The summed E-state index contributed by atoms with van der Waals surface area (Å²) >= 11 is 3.26. The third kappa shape index (κ3) is 2.78. The Morgan fingerprint density at radius 2 is 2.24 bits per heavy atom. The first kappa shape index (κ1) is 11.5. The van der Waals surface area contributed by atoms with E-state index in [4.69, 9.17) is 5.73 Å². The molecule has 0 spiro atoms. The molecule has 0 saturated carbocycles. The predicted octanol–water partition coefficient (Wildman–Crippen LogP) is 0.807. The smallest absolute Gasteiger partial charge is 0.270 e. The Kier molecular flexibility index (Phi) is 3.05. The van der Waals surface area contributed by atoms with Crippen LogP contribution in [0.15, 0.2) is 22.7 Å². The second kappa shape index (κ2) is 4.50. The van der Waals surface area contributed by atoms with Gasteiger partial charge in [0, 0.05) is 15.7 Å². The summed E-state index contributed by atoms with van der Waals surface area (Å²) in [5.74, 6) is -0.193. The standard InChI is InChI=1S/C9H9BrN6O/c1-16-14-9(13-15-16)12-8(17)5-2-6(10)4-7(11)3-5/h2-4H,11H2,1H3,(H,12,14,17). The summed E-state index contributed by atoms with van der Waals surface area (Å²) in [6.07, 6.45) is 0. The number of carbonyl (C=O) groups excluding carboxylic acids is 1. The number of nitrogens with two attached hydrogens (primary N) is 1. The van der Waals surface area contributed by atoms with Crippen molar-refractivity contribution in [3.05, 3.63) is 28.2 Å². The molecule has 88 valence electrons. The number of aromatic nitrogens is 4. The molecule has 3 N–H and O–H groups in total. The molecule has 1 heterocycles. The normalized spacial score (nSPS) is 10.2. The van der Waals surface area contributed by atoms with Crippen LogP contribution in [0.25, 0.3) is 0 Å². The largest absolute Gasteiger partial charge is 0.399 e. The Morgan fingerprint density at radius 3 is 2.82 bits per heavy atom. The fraction of sp³-hybridized carbons (Fsp3) is 0.111. The summed E-state index contributed by atoms with van der Waals surface area (Å²) in [7, 11) is 1.61. The number of nitrogen functional groups attached to an aromatic ring is 1. The fourth-order valence-corrected chi connectivity index (χ4v) is 1.76. The first-order chi connectivity index (χ1) is 8.04.